The zero-order chi connectivity index (χ0) is 15.9. The molecule has 0 aromatic heterocycles. The molecular formula is C16H30N4O2. The van der Waals surface area contributed by atoms with E-state index in [2.05, 4.69) is 17.1 Å². The van der Waals surface area contributed by atoms with Crippen LogP contribution in [0.3, 0.4) is 0 Å². The lowest BCUT2D eigenvalue weighted by atomic mass is 9.87. The number of hydrogen-bond acceptors (Lipinski definition) is 4. The molecule has 1 aliphatic carbocycles. The normalized spacial score (nSPS) is 26.7. The number of piperazine rings is 1. The van der Waals surface area contributed by atoms with Crippen molar-refractivity contribution >= 4 is 11.8 Å². The van der Waals surface area contributed by atoms with Crippen LogP contribution < -0.4 is 11.1 Å². The number of nitrogens with zero attached hydrogens (tertiary/aromatic N) is 2. The molecule has 126 valence electrons. The zero-order valence-corrected chi connectivity index (χ0v) is 13.7. The molecule has 6 heteroatoms. The maximum Gasteiger partial charge on any atom is 0.234 e. The average Bonchev–Trinajstić information content (AvgIpc) is 2.48. The van der Waals surface area contributed by atoms with E-state index in [0.29, 0.717) is 38.6 Å². The Balaban J connectivity index is 1.67. The highest BCUT2D eigenvalue weighted by atomic mass is 16.2. The molecule has 6 nitrogen and oxygen atoms in total. The minimum absolute atomic E-state index is 0.126. The van der Waals surface area contributed by atoms with E-state index in [1.165, 1.54) is 12.8 Å². The SMILES string of the molecule is CC1CCCC(NC(=O)CN2CCN(C(=O)CCN)CC2)C1. The summed E-state index contributed by atoms with van der Waals surface area (Å²) in [6.45, 7) is 6.05. The third kappa shape index (κ3) is 5.25. The topological polar surface area (TPSA) is 78.7 Å². The molecule has 1 saturated heterocycles. The molecule has 0 spiro atoms. The Morgan fingerprint density at radius 2 is 1.91 bits per heavy atom. The van der Waals surface area contributed by atoms with Crippen LogP contribution in [-0.4, -0.2) is 66.9 Å². The highest BCUT2D eigenvalue weighted by Gasteiger charge is 2.24. The Morgan fingerprint density at radius 1 is 1.18 bits per heavy atom. The van der Waals surface area contributed by atoms with Crippen LogP contribution in [0.4, 0.5) is 0 Å². The first-order valence-corrected chi connectivity index (χ1v) is 8.58. The lowest BCUT2D eigenvalue weighted by Gasteiger charge is -2.35. The van der Waals surface area contributed by atoms with E-state index < -0.39 is 0 Å². The molecule has 2 aliphatic rings. The van der Waals surface area contributed by atoms with Gasteiger partial charge < -0.3 is 16.0 Å². The van der Waals surface area contributed by atoms with Gasteiger partial charge in [0, 0.05) is 45.2 Å². The van der Waals surface area contributed by atoms with Gasteiger partial charge in [0.25, 0.3) is 0 Å². The van der Waals surface area contributed by atoms with E-state index in [1.807, 2.05) is 4.90 Å². The monoisotopic (exact) mass is 310 g/mol. The third-order valence-electron chi connectivity index (χ3n) is 4.75. The summed E-state index contributed by atoms with van der Waals surface area (Å²) in [5.74, 6) is 0.972. The number of nitrogens with one attached hydrogen (secondary N) is 1. The summed E-state index contributed by atoms with van der Waals surface area (Å²) in [6, 6.07) is 0.351. The van der Waals surface area contributed by atoms with Gasteiger partial charge in [-0.1, -0.05) is 19.8 Å². The molecule has 3 N–H and O–H groups in total. The minimum atomic E-state index is 0.126. The highest BCUT2D eigenvalue weighted by molar-refractivity contribution is 5.78. The minimum Gasteiger partial charge on any atom is -0.352 e. The van der Waals surface area contributed by atoms with Crippen molar-refractivity contribution in [2.24, 2.45) is 11.7 Å². The predicted molar refractivity (Wildman–Crippen MR) is 86.3 cm³/mol. The first-order valence-electron chi connectivity index (χ1n) is 8.58. The van der Waals surface area contributed by atoms with E-state index in [9.17, 15) is 9.59 Å². The molecular weight excluding hydrogens is 280 g/mol. The van der Waals surface area contributed by atoms with Gasteiger partial charge in [-0.2, -0.15) is 0 Å². The van der Waals surface area contributed by atoms with Gasteiger partial charge in [0.2, 0.25) is 11.8 Å². The Bertz CT molecular complexity index is 380. The first-order chi connectivity index (χ1) is 10.6. The summed E-state index contributed by atoms with van der Waals surface area (Å²) in [4.78, 5) is 27.9. The second kappa shape index (κ2) is 8.48. The van der Waals surface area contributed by atoms with Gasteiger partial charge in [-0.3, -0.25) is 14.5 Å². The van der Waals surface area contributed by atoms with Crippen LogP contribution in [0.1, 0.15) is 39.0 Å². The van der Waals surface area contributed by atoms with Gasteiger partial charge in [0.05, 0.1) is 6.54 Å². The lowest BCUT2D eigenvalue weighted by Crippen LogP contribution is -2.52. The van der Waals surface area contributed by atoms with Crippen molar-refractivity contribution in [1.29, 1.82) is 0 Å². The van der Waals surface area contributed by atoms with Crippen molar-refractivity contribution in [2.45, 2.75) is 45.1 Å². The van der Waals surface area contributed by atoms with Gasteiger partial charge in [0.1, 0.15) is 0 Å². The van der Waals surface area contributed by atoms with Crippen molar-refractivity contribution in [3.63, 3.8) is 0 Å². The maximum absolute atomic E-state index is 12.2. The molecule has 0 aromatic carbocycles. The van der Waals surface area contributed by atoms with Crippen LogP contribution in [0.5, 0.6) is 0 Å². The Kier molecular flexibility index (Phi) is 6.64. The van der Waals surface area contributed by atoms with E-state index in [1.54, 1.807) is 0 Å². The summed E-state index contributed by atoms with van der Waals surface area (Å²) in [5.41, 5.74) is 5.42. The molecule has 22 heavy (non-hydrogen) atoms. The maximum atomic E-state index is 12.2. The summed E-state index contributed by atoms with van der Waals surface area (Å²) < 4.78 is 0. The fourth-order valence-corrected chi connectivity index (χ4v) is 3.48. The van der Waals surface area contributed by atoms with Crippen molar-refractivity contribution in [1.82, 2.24) is 15.1 Å². The van der Waals surface area contributed by atoms with Gasteiger partial charge in [-0.15, -0.1) is 0 Å². The van der Waals surface area contributed by atoms with E-state index in [-0.39, 0.29) is 11.8 Å². The van der Waals surface area contributed by atoms with Crippen molar-refractivity contribution < 1.29 is 9.59 Å². The number of carbonyl (C=O) groups is 2. The molecule has 1 aliphatic heterocycles. The number of nitrogens with two attached hydrogens (primary N) is 1. The zero-order valence-electron chi connectivity index (χ0n) is 13.7. The molecule has 0 aromatic rings. The van der Waals surface area contributed by atoms with Crippen LogP contribution in [0.25, 0.3) is 0 Å². The molecule has 1 heterocycles. The molecule has 0 bridgehead atoms. The molecule has 2 unspecified atom stereocenters. The first kappa shape index (κ1) is 17.2. The smallest absolute Gasteiger partial charge is 0.234 e. The van der Waals surface area contributed by atoms with Gasteiger partial charge >= 0.3 is 0 Å². The Morgan fingerprint density at radius 3 is 2.55 bits per heavy atom. The molecule has 2 rings (SSSR count). The molecule has 0 radical (unpaired) electrons. The Labute approximate surface area is 133 Å². The summed E-state index contributed by atoms with van der Waals surface area (Å²) in [6.07, 6.45) is 5.13. The summed E-state index contributed by atoms with van der Waals surface area (Å²) in [5, 5.41) is 3.17. The van der Waals surface area contributed by atoms with Crippen LogP contribution in [0.15, 0.2) is 0 Å². The summed E-state index contributed by atoms with van der Waals surface area (Å²) in [7, 11) is 0. The molecule has 2 fully saturated rings. The molecule has 2 amide bonds. The van der Waals surface area contributed by atoms with E-state index in [4.69, 9.17) is 5.73 Å². The van der Waals surface area contributed by atoms with E-state index >= 15 is 0 Å². The van der Waals surface area contributed by atoms with Crippen LogP contribution >= 0.6 is 0 Å². The largest absolute Gasteiger partial charge is 0.352 e. The summed E-state index contributed by atoms with van der Waals surface area (Å²) >= 11 is 0. The second-order valence-electron chi connectivity index (χ2n) is 6.73. The predicted octanol–water partition coefficient (Wildman–Crippen LogP) is 0.174. The number of carbonyl (C=O) groups excluding carboxylic acids is 2. The Hall–Kier alpha value is -1.14. The lowest BCUT2D eigenvalue weighted by molar-refractivity contribution is -0.133. The van der Waals surface area contributed by atoms with Crippen molar-refractivity contribution in [3.8, 4) is 0 Å². The number of hydrogen-bond donors (Lipinski definition) is 2. The molecule has 2 atom stereocenters. The quantitative estimate of drug-likeness (QED) is 0.759. The van der Waals surface area contributed by atoms with Crippen LogP contribution in [0.2, 0.25) is 0 Å². The number of rotatable bonds is 5. The standard InChI is InChI=1S/C16H30N4O2/c1-13-3-2-4-14(11-13)18-15(21)12-19-7-9-20(10-8-19)16(22)5-6-17/h13-14H,2-12,17H2,1H3,(H,18,21). The van der Waals surface area contributed by atoms with Gasteiger partial charge in [0.15, 0.2) is 0 Å². The average molecular weight is 310 g/mol. The highest BCUT2D eigenvalue weighted by Crippen LogP contribution is 2.23. The third-order valence-corrected chi connectivity index (χ3v) is 4.75. The van der Waals surface area contributed by atoms with Crippen molar-refractivity contribution in [3.05, 3.63) is 0 Å². The fraction of sp³-hybridized carbons (Fsp3) is 0.875. The van der Waals surface area contributed by atoms with Crippen LogP contribution in [-0.2, 0) is 9.59 Å². The number of amides is 2. The fourth-order valence-electron chi connectivity index (χ4n) is 3.48. The van der Waals surface area contributed by atoms with Crippen molar-refractivity contribution in [2.75, 3.05) is 39.3 Å². The van der Waals surface area contributed by atoms with Gasteiger partial charge in [-0.25, -0.2) is 0 Å². The van der Waals surface area contributed by atoms with Crippen LogP contribution in [0, 0.1) is 5.92 Å². The van der Waals surface area contributed by atoms with E-state index in [0.717, 1.165) is 31.8 Å². The molecule has 1 saturated carbocycles. The second-order valence-corrected chi connectivity index (χ2v) is 6.73. The van der Waals surface area contributed by atoms with Gasteiger partial charge in [-0.05, 0) is 18.8 Å².